The molecule has 0 spiro atoms. The van der Waals surface area contributed by atoms with Crippen LogP contribution in [0.25, 0.3) is 0 Å². The Morgan fingerprint density at radius 2 is 1.55 bits per heavy atom. The molecule has 2 N–H and O–H groups in total. The Balaban J connectivity index is -0.000000139. The fourth-order valence-electron chi connectivity index (χ4n) is 1.12. The average Bonchev–Trinajstić information content (AvgIpc) is 2.39. The monoisotopic (exact) mass is 315 g/mol. The minimum absolute atomic E-state index is 0. The Bertz CT molecular complexity index is 266. The third-order valence-corrected chi connectivity index (χ3v) is 1.71. The van der Waals surface area contributed by atoms with Gasteiger partial charge in [-0.25, -0.2) is 0 Å². The molecule has 0 radical (unpaired) electrons. The van der Waals surface area contributed by atoms with Crippen molar-refractivity contribution in [1.82, 2.24) is 0 Å². The number of aliphatic hydroxyl groups excluding tert-OH is 2. The predicted octanol–water partition coefficient (Wildman–Crippen LogP) is 3.31. The van der Waals surface area contributed by atoms with Crippen molar-refractivity contribution in [3.63, 3.8) is 0 Å². The van der Waals surface area contributed by atoms with E-state index >= 15 is 0 Å². The molecule has 0 aliphatic carbocycles. The summed E-state index contributed by atoms with van der Waals surface area (Å²) in [6.07, 6.45) is 2.72. The standard InChI is InChI=1S/C11H14N.2C2H6O.CH3.Ti/c1-3-10-12(4-2)11-8-6-5-7-9-11;2*1-2-3;;/h4-9H,1-3,10H2;2*3H,2H2,1H3;1H3;/q-1;;;-1;+2. The molecular weight excluding hydrogens is 286 g/mol. The van der Waals surface area contributed by atoms with E-state index < -0.39 is 0 Å². The van der Waals surface area contributed by atoms with Gasteiger partial charge in [-0.15, -0.1) is 0 Å². The van der Waals surface area contributed by atoms with Gasteiger partial charge in [-0.05, 0) is 38.7 Å². The summed E-state index contributed by atoms with van der Waals surface area (Å²) in [5, 5.41) is 15.1. The summed E-state index contributed by atoms with van der Waals surface area (Å²) in [6.45, 7) is 12.3. The molecule has 0 heterocycles. The second-order valence-electron chi connectivity index (χ2n) is 3.20. The molecule has 0 bridgehead atoms. The summed E-state index contributed by atoms with van der Waals surface area (Å²) in [5.41, 5.74) is 1.18. The molecule has 0 unspecified atom stereocenters. The first-order chi connectivity index (χ1) is 8.71. The van der Waals surface area contributed by atoms with Gasteiger partial charge in [0, 0.05) is 18.9 Å². The molecule has 3 nitrogen and oxygen atoms in total. The zero-order chi connectivity index (χ0) is 14.2. The van der Waals surface area contributed by atoms with Crippen LogP contribution < -0.4 is 4.90 Å². The first-order valence-electron chi connectivity index (χ1n) is 6.16. The molecule has 0 saturated heterocycles. The topological polar surface area (TPSA) is 43.7 Å². The predicted molar refractivity (Wildman–Crippen MR) is 85.9 cm³/mol. The van der Waals surface area contributed by atoms with Crippen molar-refractivity contribution in [2.45, 2.75) is 20.3 Å². The van der Waals surface area contributed by atoms with Gasteiger partial charge in [0.1, 0.15) is 0 Å². The van der Waals surface area contributed by atoms with Gasteiger partial charge >= 0.3 is 21.7 Å². The SMILES string of the molecule is C=CN(CC[CH2-])c1ccccc1.CCO.CCO.[CH3-].[Ti+2]. The fraction of sp³-hybridized carbons (Fsp3) is 0.375. The van der Waals surface area contributed by atoms with Crippen molar-refractivity contribution in [2.24, 2.45) is 0 Å². The maximum absolute atomic E-state index is 7.57. The van der Waals surface area contributed by atoms with Crippen molar-refractivity contribution in [1.29, 1.82) is 0 Å². The summed E-state index contributed by atoms with van der Waals surface area (Å²) in [7, 11) is 0. The minimum atomic E-state index is 0. The second kappa shape index (κ2) is 23.5. The van der Waals surface area contributed by atoms with Crippen LogP contribution in [0.3, 0.4) is 0 Å². The zero-order valence-electron chi connectivity index (χ0n) is 13.0. The molecule has 0 aliphatic heterocycles. The van der Waals surface area contributed by atoms with Gasteiger partial charge < -0.3 is 29.5 Å². The third kappa shape index (κ3) is 17.4. The summed E-state index contributed by atoms with van der Waals surface area (Å²) in [6, 6.07) is 10.2. The van der Waals surface area contributed by atoms with Crippen LogP contribution in [0.1, 0.15) is 20.3 Å². The average molecular weight is 315 g/mol. The van der Waals surface area contributed by atoms with E-state index in [4.69, 9.17) is 10.2 Å². The second-order valence-corrected chi connectivity index (χ2v) is 3.20. The molecule has 20 heavy (non-hydrogen) atoms. The maximum Gasteiger partial charge on any atom is 2.00 e. The first kappa shape index (κ1) is 27.7. The molecule has 0 aliphatic rings. The van der Waals surface area contributed by atoms with E-state index in [0.29, 0.717) is 0 Å². The van der Waals surface area contributed by atoms with Crippen LogP contribution in [-0.4, -0.2) is 30.0 Å². The van der Waals surface area contributed by atoms with E-state index in [-0.39, 0.29) is 42.4 Å². The smallest absolute Gasteiger partial charge is 0.397 e. The first-order valence-corrected chi connectivity index (χ1v) is 6.16. The molecular formula is C16H29NO2Ti. The Morgan fingerprint density at radius 1 is 1.15 bits per heavy atom. The Kier molecular flexibility index (Phi) is 32.5. The Hall–Kier alpha value is -0.606. The van der Waals surface area contributed by atoms with Gasteiger partial charge in [0.05, 0.1) is 0 Å². The fourth-order valence-corrected chi connectivity index (χ4v) is 1.12. The molecule has 0 saturated carbocycles. The normalized spacial score (nSPS) is 7.45. The van der Waals surface area contributed by atoms with E-state index in [1.54, 1.807) is 13.8 Å². The zero-order valence-corrected chi connectivity index (χ0v) is 14.6. The van der Waals surface area contributed by atoms with Crippen molar-refractivity contribution >= 4 is 5.69 Å². The van der Waals surface area contributed by atoms with Gasteiger partial charge in [0.25, 0.3) is 0 Å². The largest absolute Gasteiger partial charge is 2.00 e. The van der Waals surface area contributed by atoms with E-state index in [1.807, 2.05) is 24.4 Å². The van der Waals surface area contributed by atoms with Crippen molar-refractivity contribution in [3.05, 3.63) is 57.5 Å². The van der Waals surface area contributed by atoms with Crippen molar-refractivity contribution in [3.8, 4) is 0 Å². The molecule has 1 aromatic rings. The molecule has 0 atom stereocenters. The van der Waals surface area contributed by atoms with Crippen LogP contribution in [0.2, 0.25) is 0 Å². The summed E-state index contributed by atoms with van der Waals surface area (Å²) in [5.74, 6) is 0. The molecule has 114 valence electrons. The molecule has 4 heteroatoms. The number of hydrogen-bond donors (Lipinski definition) is 2. The van der Waals surface area contributed by atoms with Crippen LogP contribution in [0.5, 0.6) is 0 Å². The van der Waals surface area contributed by atoms with Gasteiger partial charge in [0.15, 0.2) is 0 Å². The van der Waals surface area contributed by atoms with Gasteiger partial charge in [-0.3, -0.25) is 0 Å². The van der Waals surface area contributed by atoms with Crippen molar-refractivity contribution < 1.29 is 31.9 Å². The number of rotatable bonds is 4. The molecule has 1 aromatic carbocycles. The van der Waals surface area contributed by atoms with Crippen LogP contribution >= 0.6 is 0 Å². The van der Waals surface area contributed by atoms with E-state index in [0.717, 1.165) is 13.0 Å². The van der Waals surface area contributed by atoms with Crippen LogP contribution in [0.15, 0.2) is 43.1 Å². The maximum atomic E-state index is 7.57. The number of anilines is 1. The number of nitrogens with zero attached hydrogens (tertiary/aromatic N) is 1. The van der Waals surface area contributed by atoms with Crippen LogP contribution in [-0.2, 0) is 21.7 Å². The molecule has 1 rings (SSSR count). The number of hydrogen-bond acceptors (Lipinski definition) is 3. The van der Waals surface area contributed by atoms with E-state index in [2.05, 4.69) is 30.5 Å². The minimum Gasteiger partial charge on any atom is -0.397 e. The van der Waals surface area contributed by atoms with Crippen molar-refractivity contribution in [2.75, 3.05) is 24.7 Å². The number of para-hydroxylation sites is 1. The van der Waals surface area contributed by atoms with Gasteiger partial charge in [-0.2, -0.15) is 6.42 Å². The summed E-state index contributed by atoms with van der Waals surface area (Å²) >= 11 is 0. The Labute approximate surface area is 140 Å². The molecule has 0 aromatic heterocycles. The van der Waals surface area contributed by atoms with Crippen LogP contribution in [0, 0.1) is 14.4 Å². The van der Waals surface area contributed by atoms with E-state index in [9.17, 15) is 0 Å². The summed E-state index contributed by atoms with van der Waals surface area (Å²) in [4.78, 5) is 2.09. The number of benzene rings is 1. The van der Waals surface area contributed by atoms with Gasteiger partial charge in [-0.1, -0.05) is 24.8 Å². The van der Waals surface area contributed by atoms with Crippen LogP contribution in [0.4, 0.5) is 5.69 Å². The van der Waals surface area contributed by atoms with E-state index in [1.165, 1.54) is 5.69 Å². The van der Waals surface area contributed by atoms with Gasteiger partial charge in [0.2, 0.25) is 0 Å². The molecule has 0 fully saturated rings. The third-order valence-electron chi connectivity index (χ3n) is 1.71. The number of aliphatic hydroxyl groups is 2. The summed E-state index contributed by atoms with van der Waals surface area (Å²) < 4.78 is 0. The quantitative estimate of drug-likeness (QED) is 0.662. The molecule has 0 amide bonds. The Morgan fingerprint density at radius 3 is 1.85 bits per heavy atom.